The summed E-state index contributed by atoms with van der Waals surface area (Å²) in [6.07, 6.45) is 5.74. The summed E-state index contributed by atoms with van der Waals surface area (Å²) in [5.74, 6) is 1.44. The van der Waals surface area contributed by atoms with Crippen LogP contribution < -0.4 is 16.4 Å². The van der Waals surface area contributed by atoms with E-state index < -0.39 is 0 Å². The van der Waals surface area contributed by atoms with Crippen LogP contribution in [0.2, 0.25) is 0 Å². The smallest absolute Gasteiger partial charge is 0.221 e. The van der Waals surface area contributed by atoms with Crippen LogP contribution in [0.5, 0.6) is 0 Å². The molecule has 1 fully saturated rings. The van der Waals surface area contributed by atoms with Gasteiger partial charge in [0.15, 0.2) is 0 Å². The summed E-state index contributed by atoms with van der Waals surface area (Å²) in [6, 6.07) is 3.87. The number of nitrogen functional groups attached to an aromatic ring is 2. The average Bonchev–Trinajstić information content (AvgIpc) is 2.55. The molecule has 0 unspecified atom stereocenters. The first-order valence-electron chi connectivity index (χ1n) is 7.30. The van der Waals surface area contributed by atoms with Crippen molar-refractivity contribution in [3.63, 3.8) is 0 Å². The van der Waals surface area contributed by atoms with Crippen LogP contribution in [0.3, 0.4) is 0 Å². The molecule has 2 aromatic heterocycles. The number of anilines is 3. The van der Waals surface area contributed by atoms with E-state index in [4.69, 9.17) is 16.2 Å². The molecule has 1 aliphatic rings. The summed E-state index contributed by atoms with van der Waals surface area (Å²) in [5.41, 5.74) is 13.3. The molecule has 0 amide bonds. The number of hydrogen-bond acceptors (Lipinski definition) is 7. The van der Waals surface area contributed by atoms with E-state index in [1.807, 2.05) is 12.1 Å². The number of nitrogens with zero attached hydrogens (tertiary/aromatic N) is 4. The molecular weight excluding hydrogens is 280 g/mol. The van der Waals surface area contributed by atoms with Crippen LogP contribution in [-0.4, -0.2) is 41.3 Å². The Labute approximate surface area is 129 Å². The first-order valence-corrected chi connectivity index (χ1v) is 7.30. The summed E-state index contributed by atoms with van der Waals surface area (Å²) in [6.45, 7) is 1.80. The fraction of sp³-hybridized carbons (Fsp3) is 0.400. The second-order valence-corrected chi connectivity index (χ2v) is 5.32. The molecule has 7 heteroatoms. The molecule has 3 rings (SSSR count). The number of aromatic nitrogens is 3. The van der Waals surface area contributed by atoms with Gasteiger partial charge in [-0.25, -0.2) is 9.97 Å². The van der Waals surface area contributed by atoms with Gasteiger partial charge in [0, 0.05) is 43.7 Å². The maximum absolute atomic E-state index is 6.00. The molecule has 0 bridgehead atoms. The summed E-state index contributed by atoms with van der Waals surface area (Å²) in [5, 5.41) is 0. The normalized spacial score (nSPS) is 16.0. The van der Waals surface area contributed by atoms with Crippen molar-refractivity contribution in [2.24, 2.45) is 0 Å². The van der Waals surface area contributed by atoms with Gasteiger partial charge in [-0.15, -0.1) is 0 Å². The van der Waals surface area contributed by atoms with Crippen molar-refractivity contribution in [2.45, 2.75) is 18.9 Å². The minimum atomic E-state index is 0.174. The highest BCUT2D eigenvalue weighted by molar-refractivity contribution is 5.82. The Bertz CT molecular complexity index is 654. The van der Waals surface area contributed by atoms with Crippen molar-refractivity contribution in [1.29, 1.82) is 0 Å². The maximum atomic E-state index is 6.00. The van der Waals surface area contributed by atoms with Crippen molar-refractivity contribution in [2.75, 3.05) is 36.6 Å². The Morgan fingerprint density at radius 2 is 1.95 bits per heavy atom. The quantitative estimate of drug-likeness (QED) is 0.881. The van der Waals surface area contributed by atoms with E-state index in [1.165, 1.54) is 0 Å². The molecule has 0 atom stereocenters. The molecular formula is C15H20N6O. The minimum absolute atomic E-state index is 0.174. The lowest BCUT2D eigenvalue weighted by molar-refractivity contribution is 0.0818. The fourth-order valence-electron chi connectivity index (χ4n) is 2.78. The van der Waals surface area contributed by atoms with Crippen LogP contribution in [0, 0.1) is 0 Å². The molecule has 2 aromatic rings. The van der Waals surface area contributed by atoms with Crippen LogP contribution in [0.1, 0.15) is 12.8 Å². The zero-order valence-corrected chi connectivity index (χ0v) is 12.6. The first kappa shape index (κ1) is 14.5. The molecule has 4 N–H and O–H groups in total. The van der Waals surface area contributed by atoms with Crippen LogP contribution in [0.25, 0.3) is 11.1 Å². The highest BCUT2D eigenvalue weighted by Gasteiger charge is 2.22. The van der Waals surface area contributed by atoms with E-state index in [1.54, 1.807) is 19.5 Å². The predicted octanol–water partition coefficient (Wildman–Crippen LogP) is 1.32. The molecule has 3 heterocycles. The lowest BCUT2D eigenvalue weighted by Gasteiger charge is -2.33. The molecule has 0 aliphatic carbocycles. The van der Waals surface area contributed by atoms with Crippen molar-refractivity contribution in [3.05, 3.63) is 24.5 Å². The number of hydrogen-bond donors (Lipinski definition) is 2. The third-order valence-electron chi connectivity index (χ3n) is 3.99. The van der Waals surface area contributed by atoms with Gasteiger partial charge < -0.3 is 21.1 Å². The van der Waals surface area contributed by atoms with E-state index in [-0.39, 0.29) is 5.95 Å². The molecule has 1 aliphatic heterocycles. The third-order valence-corrected chi connectivity index (χ3v) is 3.99. The molecule has 0 radical (unpaired) electrons. The standard InChI is InChI=1S/C15H20N6O/c1-22-10-4-7-21(8-5-10)14-11(3-2-6-18-14)12-9-19-15(17)20-13(12)16/h2-3,6,9-10H,4-5,7-8H2,1H3,(H4,16,17,19,20). The van der Waals surface area contributed by atoms with E-state index in [2.05, 4.69) is 19.9 Å². The summed E-state index contributed by atoms with van der Waals surface area (Å²) < 4.78 is 5.42. The summed E-state index contributed by atoms with van der Waals surface area (Å²) >= 11 is 0. The lowest BCUT2D eigenvalue weighted by atomic mass is 10.0. The van der Waals surface area contributed by atoms with E-state index in [9.17, 15) is 0 Å². The molecule has 7 nitrogen and oxygen atoms in total. The van der Waals surface area contributed by atoms with Gasteiger partial charge >= 0.3 is 0 Å². The van der Waals surface area contributed by atoms with Crippen LogP contribution in [-0.2, 0) is 4.74 Å². The summed E-state index contributed by atoms with van der Waals surface area (Å²) in [7, 11) is 1.76. The molecule has 0 saturated carbocycles. The minimum Gasteiger partial charge on any atom is -0.383 e. The van der Waals surface area contributed by atoms with Crippen LogP contribution >= 0.6 is 0 Å². The van der Waals surface area contributed by atoms with E-state index in [0.717, 1.165) is 42.9 Å². The van der Waals surface area contributed by atoms with Gasteiger partial charge in [-0.1, -0.05) is 0 Å². The van der Waals surface area contributed by atoms with Crippen molar-refractivity contribution >= 4 is 17.6 Å². The molecule has 22 heavy (non-hydrogen) atoms. The largest absolute Gasteiger partial charge is 0.383 e. The van der Waals surface area contributed by atoms with Gasteiger partial charge in [0.25, 0.3) is 0 Å². The Morgan fingerprint density at radius 3 is 2.64 bits per heavy atom. The number of methoxy groups -OCH3 is 1. The number of rotatable bonds is 3. The second-order valence-electron chi connectivity index (χ2n) is 5.32. The lowest BCUT2D eigenvalue weighted by Crippen LogP contribution is -2.37. The maximum Gasteiger partial charge on any atom is 0.221 e. The highest BCUT2D eigenvalue weighted by atomic mass is 16.5. The molecule has 1 saturated heterocycles. The topological polar surface area (TPSA) is 103 Å². The number of pyridine rings is 1. The third kappa shape index (κ3) is 2.80. The molecule has 116 valence electrons. The van der Waals surface area contributed by atoms with E-state index >= 15 is 0 Å². The summed E-state index contributed by atoms with van der Waals surface area (Å²) in [4.78, 5) is 14.9. The monoisotopic (exact) mass is 300 g/mol. The SMILES string of the molecule is COC1CCN(c2ncccc2-c2cnc(N)nc2N)CC1. The van der Waals surface area contributed by atoms with Gasteiger partial charge in [0.05, 0.1) is 6.10 Å². The zero-order chi connectivity index (χ0) is 15.5. The van der Waals surface area contributed by atoms with E-state index in [0.29, 0.717) is 11.9 Å². The Balaban J connectivity index is 1.93. The first-order chi connectivity index (χ1) is 10.7. The Hall–Kier alpha value is -2.41. The number of piperidine rings is 1. The van der Waals surface area contributed by atoms with Crippen molar-refractivity contribution < 1.29 is 4.74 Å². The van der Waals surface area contributed by atoms with Gasteiger partial charge in [-0.05, 0) is 25.0 Å². The second kappa shape index (κ2) is 6.15. The van der Waals surface area contributed by atoms with Crippen LogP contribution in [0.4, 0.5) is 17.6 Å². The predicted molar refractivity (Wildman–Crippen MR) is 86.3 cm³/mol. The van der Waals surface area contributed by atoms with Gasteiger partial charge in [-0.3, -0.25) is 0 Å². The molecule has 0 spiro atoms. The van der Waals surface area contributed by atoms with Crippen molar-refractivity contribution in [1.82, 2.24) is 15.0 Å². The zero-order valence-electron chi connectivity index (χ0n) is 12.6. The molecule has 0 aromatic carbocycles. The number of ether oxygens (including phenoxy) is 1. The number of nitrogens with two attached hydrogens (primary N) is 2. The highest BCUT2D eigenvalue weighted by Crippen LogP contribution is 2.33. The Morgan fingerprint density at radius 1 is 1.18 bits per heavy atom. The van der Waals surface area contributed by atoms with Gasteiger partial charge in [0.2, 0.25) is 5.95 Å². The fourth-order valence-corrected chi connectivity index (χ4v) is 2.78. The Kier molecular flexibility index (Phi) is 4.06. The van der Waals surface area contributed by atoms with Crippen molar-refractivity contribution in [3.8, 4) is 11.1 Å². The van der Waals surface area contributed by atoms with Gasteiger partial charge in [0.1, 0.15) is 11.6 Å². The van der Waals surface area contributed by atoms with Crippen LogP contribution in [0.15, 0.2) is 24.5 Å². The van der Waals surface area contributed by atoms with Gasteiger partial charge in [-0.2, -0.15) is 4.98 Å². The average molecular weight is 300 g/mol.